The van der Waals surface area contributed by atoms with Gasteiger partial charge < -0.3 is 11.2 Å². The summed E-state index contributed by atoms with van der Waals surface area (Å²) in [6, 6.07) is 18.2. The molecule has 1 aromatic heterocycles. The van der Waals surface area contributed by atoms with Crippen molar-refractivity contribution in [3.05, 3.63) is 71.1 Å². The van der Waals surface area contributed by atoms with Crippen molar-refractivity contribution in [2.24, 2.45) is 0 Å². The number of benzene rings is 2. The van der Waals surface area contributed by atoms with Crippen molar-refractivity contribution in [3.8, 4) is 11.4 Å². The first-order chi connectivity index (χ1) is 13.0. The SMILES string of the molecule is Nn1c(-c2ccccc2)nn(CC(=O)NNC(=S)Nc2ccccc2)c1=O. The fourth-order valence-corrected chi connectivity index (χ4v) is 2.46. The molecule has 0 saturated carbocycles. The number of aromatic nitrogens is 3. The van der Waals surface area contributed by atoms with E-state index in [2.05, 4.69) is 21.3 Å². The molecule has 0 radical (unpaired) electrons. The summed E-state index contributed by atoms with van der Waals surface area (Å²) in [7, 11) is 0. The molecular formula is C17H17N7O2S. The quantitative estimate of drug-likeness (QED) is 0.293. The van der Waals surface area contributed by atoms with E-state index in [0.717, 1.165) is 15.0 Å². The van der Waals surface area contributed by atoms with E-state index in [4.69, 9.17) is 18.1 Å². The average molecular weight is 383 g/mol. The number of rotatable bonds is 4. The second kappa shape index (κ2) is 8.15. The lowest BCUT2D eigenvalue weighted by Crippen LogP contribution is -2.46. The first-order valence-corrected chi connectivity index (χ1v) is 8.36. The average Bonchev–Trinajstić information content (AvgIpc) is 2.96. The van der Waals surface area contributed by atoms with Gasteiger partial charge in [0.2, 0.25) is 0 Å². The summed E-state index contributed by atoms with van der Waals surface area (Å²) < 4.78 is 1.88. The molecule has 1 heterocycles. The fraction of sp³-hybridized carbons (Fsp3) is 0.0588. The predicted molar refractivity (Wildman–Crippen MR) is 106 cm³/mol. The van der Waals surface area contributed by atoms with Crippen LogP contribution in [0.25, 0.3) is 11.4 Å². The van der Waals surface area contributed by atoms with Gasteiger partial charge in [-0.1, -0.05) is 48.5 Å². The van der Waals surface area contributed by atoms with Crippen LogP contribution in [-0.2, 0) is 11.3 Å². The molecule has 10 heteroatoms. The highest BCUT2D eigenvalue weighted by Crippen LogP contribution is 2.12. The van der Waals surface area contributed by atoms with Gasteiger partial charge >= 0.3 is 5.69 Å². The van der Waals surface area contributed by atoms with Crippen molar-refractivity contribution in [2.45, 2.75) is 6.54 Å². The number of nitrogens with one attached hydrogen (secondary N) is 3. The lowest BCUT2D eigenvalue weighted by atomic mass is 10.2. The Bertz CT molecular complexity index is 999. The van der Waals surface area contributed by atoms with Crippen LogP contribution in [0.1, 0.15) is 0 Å². The molecule has 0 aliphatic rings. The van der Waals surface area contributed by atoms with Crippen molar-refractivity contribution in [1.29, 1.82) is 0 Å². The van der Waals surface area contributed by atoms with Gasteiger partial charge in [-0.2, -0.15) is 4.68 Å². The first kappa shape index (κ1) is 18.1. The fourth-order valence-electron chi connectivity index (χ4n) is 2.29. The van der Waals surface area contributed by atoms with E-state index in [9.17, 15) is 9.59 Å². The molecule has 1 amide bonds. The van der Waals surface area contributed by atoms with Crippen molar-refractivity contribution in [1.82, 2.24) is 25.3 Å². The number of para-hydroxylation sites is 1. The van der Waals surface area contributed by atoms with Gasteiger partial charge in [-0.3, -0.25) is 15.6 Å². The molecule has 0 fully saturated rings. The molecule has 27 heavy (non-hydrogen) atoms. The normalized spacial score (nSPS) is 10.2. The number of carbonyl (C=O) groups excluding carboxylic acids is 1. The third kappa shape index (κ3) is 4.50. The van der Waals surface area contributed by atoms with Gasteiger partial charge in [0.15, 0.2) is 10.9 Å². The van der Waals surface area contributed by atoms with E-state index in [0.29, 0.717) is 5.56 Å². The van der Waals surface area contributed by atoms with E-state index in [1.807, 2.05) is 36.4 Å². The number of nitrogen functional groups attached to an aromatic ring is 1. The topological polar surface area (TPSA) is 119 Å². The number of hydrazine groups is 1. The Hall–Kier alpha value is -3.66. The molecule has 3 aromatic rings. The Labute approximate surface area is 159 Å². The molecule has 5 N–H and O–H groups in total. The molecule has 0 atom stereocenters. The smallest absolute Gasteiger partial charge is 0.333 e. The third-order valence-corrected chi connectivity index (χ3v) is 3.75. The van der Waals surface area contributed by atoms with Crippen molar-refractivity contribution in [3.63, 3.8) is 0 Å². The molecule has 0 spiro atoms. The van der Waals surface area contributed by atoms with Crippen LogP contribution in [0.5, 0.6) is 0 Å². The number of anilines is 1. The summed E-state index contributed by atoms with van der Waals surface area (Å²) >= 11 is 5.09. The van der Waals surface area contributed by atoms with Gasteiger partial charge in [-0.25, -0.2) is 9.48 Å². The van der Waals surface area contributed by atoms with E-state index in [1.54, 1.807) is 24.3 Å². The Morgan fingerprint density at radius 2 is 1.67 bits per heavy atom. The number of amides is 1. The molecule has 9 nitrogen and oxygen atoms in total. The summed E-state index contributed by atoms with van der Waals surface area (Å²) in [4.78, 5) is 24.2. The summed E-state index contributed by atoms with van der Waals surface area (Å²) in [5.74, 6) is 5.52. The number of carbonyl (C=O) groups is 1. The number of hydrogen-bond donors (Lipinski definition) is 4. The highest BCUT2D eigenvalue weighted by atomic mass is 32.1. The largest absolute Gasteiger partial charge is 0.365 e. The monoisotopic (exact) mass is 383 g/mol. The number of nitrogens with zero attached hydrogens (tertiary/aromatic N) is 3. The van der Waals surface area contributed by atoms with Gasteiger partial charge in [-0.05, 0) is 24.4 Å². The van der Waals surface area contributed by atoms with E-state index in [1.165, 1.54) is 0 Å². The van der Waals surface area contributed by atoms with Crippen LogP contribution in [0.3, 0.4) is 0 Å². The number of hydrogen-bond acceptors (Lipinski definition) is 5. The molecular weight excluding hydrogens is 366 g/mol. The Balaban J connectivity index is 1.60. The van der Waals surface area contributed by atoms with Crippen LogP contribution in [0.15, 0.2) is 65.5 Å². The summed E-state index contributed by atoms with van der Waals surface area (Å²) in [6.07, 6.45) is 0. The van der Waals surface area contributed by atoms with Gasteiger partial charge in [0.25, 0.3) is 5.91 Å². The molecule has 3 rings (SSSR count). The third-order valence-electron chi connectivity index (χ3n) is 3.54. The predicted octanol–water partition coefficient (Wildman–Crippen LogP) is 0.443. The molecule has 138 valence electrons. The Morgan fingerprint density at radius 1 is 1.04 bits per heavy atom. The second-order valence-electron chi connectivity index (χ2n) is 5.49. The Kier molecular flexibility index (Phi) is 5.47. The van der Waals surface area contributed by atoms with E-state index < -0.39 is 11.6 Å². The van der Waals surface area contributed by atoms with Gasteiger partial charge in [0.1, 0.15) is 6.54 Å². The zero-order chi connectivity index (χ0) is 19.2. The minimum absolute atomic E-state index is 0.205. The molecule has 0 saturated heterocycles. The second-order valence-corrected chi connectivity index (χ2v) is 5.90. The zero-order valence-corrected chi connectivity index (χ0v) is 14.9. The maximum absolute atomic E-state index is 12.2. The van der Waals surface area contributed by atoms with Crippen molar-refractivity contribution >= 4 is 28.9 Å². The number of nitrogens with two attached hydrogens (primary N) is 1. The molecule has 0 bridgehead atoms. The summed E-state index contributed by atoms with van der Waals surface area (Å²) in [5, 5.41) is 7.23. The van der Waals surface area contributed by atoms with E-state index >= 15 is 0 Å². The Morgan fingerprint density at radius 3 is 2.33 bits per heavy atom. The molecule has 0 unspecified atom stereocenters. The van der Waals surface area contributed by atoms with E-state index in [-0.39, 0.29) is 17.5 Å². The molecule has 2 aromatic carbocycles. The minimum atomic E-state index is -0.603. The highest BCUT2D eigenvalue weighted by molar-refractivity contribution is 7.80. The maximum atomic E-state index is 12.2. The number of thiocarbonyl (C=S) groups is 1. The highest BCUT2D eigenvalue weighted by Gasteiger charge is 2.15. The lowest BCUT2D eigenvalue weighted by Gasteiger charge is -2.11. The van der Waals surface area contributed by atoms with Gasteiger partial charge in [-0.15, -0.1) is 5.10 Å². The zero-order valence-electron chi connectivity index (χ0n) is 14.1. The standard InChI is InChI=1S/C17H17N7O2S/c18-24-15(12-7-3-1-4-8-12)22-23(17(24)26)11-14(25)20-21-16(27)19-13-9-5-2-6-10-13/h1-10H,11,18H2,(H,20,25)(H2,19,21,27). The van der Waals surface area contributed by atoms with Crippen LogP contribution in [-0.4, -0.2) is 25.5 Å². The van der Waals surface area contributed by atoms with Gasteiger partial charge in [0.05, 0.1) is 0 Å². The van der Waals surface area contributed by atoms with Crippen LogP contribution in [0.2, 0.25) is 0 Å². The molecule has 0 aliphatic heterocycles. The minimum Gasteiger partial charge on any atom is -0.333 e. The van der Waals surface area contributed by atoms with Crippen molar-refractivity contribution < 1.29 is 4.79 Å². The summed E-state index contributed by atoms with van der Waals surface area (Å²) in [6.45, 7) is -0.316. The van der Waals surface area contributed by atoms with Crippen LogP contribution in [0.4, 0.5) is 5.69 Å². The van der Waals surface area contributed by atoms with Crippen LogP contribution in [0, 0.1) is 0 Å². The lowest BCUT2D eigenvalue weighted by molar-refractivity contribution is -0.122. The first-order valence-electron chi connectivity index (χ1n) is 7.96. The molecule has 0 aliphatic carbocycles. The van der Waals surface area contributed by atoms with Crippen LogP contribution >= 0.6 is 12.2 Å². The summed E-state index contributed by atoms with van der Waals surface area (Å²) in [5.41, 5.74) is 5.81. The van der Waals surface area contributed by atoms with Crippen molar-refractivity contribution in [2.75, 3.05) is 11.2 Å². The van der Waals surface area contributed by atoms with Crippen LogP contribution < -0.4 is 27.7 Å². The maximum Gasteiger partial charge on any atom is 0.365 e. The van der Waals surface area contributed by atoms with Gasteiger partial charge in [0, 0.05) is 11.3 Å².